The van der Waals surface area contributed by atoms with Crippen molar-refractivity contribution < 1.29 is 32.6 Å². The van der Waals surface area contributed by atoms with E-state index in [1.807, 2.05) is 0 Å². The van der Waals surface area contributed by atoms with E-state index in [0.29, 0.717) is 22.4 Å². The molecule has 0 saturated heterocycles. The van der Waals surface area contributed by atoms with Crippen molar-refractivity contribution in [3.8, 4) is 5.75 Å². The van der Waals surface area contributed by atoms with E-state index in [0.717, 1.165) is 0 Å². The average molecular weight is 381 g/mol. The standard InChI is InChI=1S/C19H18F3NO4/c1-11-6-12(2)16(9-15(11)18(25)26)23-17(24)8-13-4-3-5-14(7-13)27-10-19(20,21)22/h3-7,9H,8,10H2,1-2H3,(H,23,24)(H,25,26). The summed E-state index contributed by atoms with van der Waals surface area (Å²) in [4.78, 5) is 23.5. The summed E-state index contributed by atoms with van der Waals surface area (Å²) in [7, 11) is 0. The van der Waals surface area contributed by atoms with Crippen LogP contribution < -0.4 is 10.1 Å². The van der Waals surface area contributed by atoms with E-state index in [9.17, 15) is 27.9 Å². The van der Waals surface area contributed by atoms with Gasteiger partial charge in [0.15, 0.2) is 6.61 Å². The molecule has 0 saturated carbocycles. The number of alkyl halides is 3. The fourth-order valence-electron chi connectivity index (χ4n) is 2.51. The van der Waals surface area contributed by atoms with Gasteiger partial charge in [0, 0.05) is 5.69 Å². The van der Waals surface area contributed by atoms with Gasteiger partial charge in [-0.1, -0.05) is 18.2 Å². The predicted molar refractivity (Wildman–Crippen MR) is 93.2 cm³/mol. The largest absolute Gasteiger partial charge is 0.484 e. The molecule has 0 atom stereocenters. The van der Waals surface area contributed by atoms with Crippen LogP contribution in [0.3, 0.4) is 0 Å². The first-order valence-corrected chi connectivity index (χ1v) is 7.98. The van der Waals surface area contributed by atoms with E-state index < -0.39 is 24.7 Å². The SMILES string of the molecule is Cc1cc(C)c(C(=O)O)cc1NC(=O)Cc1cccc(OCC(F)(F)F)c1. The third-order valence-electron chi connectivity index (χ3n) is 3.74. The van der Waals surface area contributed by atoms with Gasteiger partial charge < -0.3 is 15.2 Å². The van der Waals surface area contributed by atoms with Crippen LogP contribution in [-0.4, -0.2) is 29.8 Å². The molecule has 144 valence electrons. The highest BCUT2D eigenvalue weighted by Gasteiger charge is 2.28. The van der Waals surface area contributed by atoms with Gasteiger partial charge in [0.1, 0.15) is 5.75 Å². The van der Waals surface area contributed by atoms with Crippen molar-refractivity contribution in [3.63, 3.8) is 0 Å². The number of rotatable bonds is 6. The Morgan fingerprint density at radius 2 is 1.81 bits per heavy atom. The second kappa shape index (κ2) is 8.11. The highest BCUT2D eigenvalue weighted by Crippen LogP contribution is 2.22. The lowest BCUT2D eigenvalue weighted by atomic mass is 10.0. The summed E-state index contributed by atoms with van der Waals surface area (Å²) in [5.74, 6) is -1.51. The van der Waals surface area contributed by atoms with Gasteiger partial charge in [0.2, 0.25) is 5.91 Å². The summed E-state index contributed by atoms with van der Waals surface area (Å²) in [6.07, 6.45) is -4.54. The molecule has 0 aliphatic rings. The number of halogens is 3. The van der Waals surface area contributed by atoms with Gasteiger partial charge in [0.25, 0.3) is 0 Å². The minimum absolute atomic E-state index is 0.0114. The quantitative estimate of drug-likeness (QED) is 0.789. The van der Waals surface area contributed by atoms with Crippen molar-refractivity contribution in [3.05, 3.63) is 58.7 Å². The van der Waals surface area contributed by atoms with Crippen LogP contribution >= 0.6 is 0 Å². The third kappa shape index (κ3) is 6.02. The van der Waals surface area contributed by atoms with Crippen molar-refractivity contribution in [2.45, 2.75) is 26.4 Å². The summed E-state index contributed by atoms with van der Waals surface area (Å²) in [5, 5.41) is 11.8. The number of nitrogens with one attached hydrogen (secondary N) is 1. The molecule has 0 aliphatic heterocycles. The van der Waals surface area contributed by atoms with Gasteiger partial charge in [-0.25, -0.2) is 4.79 Å². The highest BCUT2D eigenvalue weighted by molar-refractivity contribution is 5.96. The molecule has 0 aromatic heterocycles. The normalized spacial score (nSPS) is 11.1. The number of aryl methyl sites for hydroxylation is 2. The lowest BCUT2D eigenvalue weighted by molar-refractivity contribution is -0.153. The minimum Gasteiger partial charge on any atom is -0.484 e. The van der Waals surface area contributed by atoms with E-state index in [-0.39, 0.29) is 17.7 Å². The number of hydrogen-bond acceptors (Lipinski definition) is 3. The predicted octanol–water partition coefficient (Wildman–Crippen LogP) is 4.12. The van der Waals surface area contributed by atoms with Crippen molar-refractivity contribution in [2.24, 2.45) is 0 Å². The number of benzene rings is 2. The maximum atomic E-state index is 12.2. The molecule has 0 bridgehead atoms. The smallest absolute Gasteiger partial charge is 0.422 e. The van der Waals surface area contributed by atoms with Crippen molar-refractivity contribution in [2.75, 3.05) is 11.9 Å². The van der Waals surface area contributed by atoms with Gasteiger partial charge in [-0.05, 0) is 48.7 Å². The second-order valence-corrected chi connectivity index (χ2v) is 6.06. The van der Waals surface area contributed by atoms with Crippen LogP contribution in [0.2, 0.25) is 0 Å². The molecule has 0 fully saturated rings. The molecule has 0 spiro atoms. The van der Waals surface area contributed by atoms with Crippen molar-refractivity contribution in [1.29, 1.82) is 0 Å². The topological polar surface area (TPSA) is 75.6 Å². The lowest BCUT2D eigenvalue weighted by Gasteiger charge is -2.12. The van der Waals surface area contributed by atoms with Crippen LogP contribution in [0.1, 0.15) is 27.0 Å². The van der Waals surface area contributed by atoms with Gasteiger partial charge in [-0.3, -0.25) is 4.79 Å². The Morgan fingerprint density at radius 1 is 1.11 bits per heavy atom. The third-order valence-corrected chi connectivity index (χ3v) is 3.74. The van der Waals surface area contributed by atoms with Gasteiger partial charge in [-0.2, -0.15) is 13.2 Å². The molecule has 5 nitrogen and oxygen atoms in total. The zero-order valence-electron chi connectivity index (χ0n) is 14.7. The van der Waals surface area contributed by atoms with Gasteiger partial charge >= 0.3 is 12.1 Å². The Hall–Kier alpha value is -3.03. The van der Waals surface area contributed by atoms with E-state index >= 15 is 0 Å². The summed E-state index contributed by atoms with van der Waals surface area (Å²) in [6.45, 7) is 1.98. The number of carbonyl (C=O) groups excluding carboxylic acids is 1. The van der Waals surface area contributed by atoms with Crippen LogP contribution in [0.5, 0.6) is 5.75 Å². The molecule has 2 aromatic carbocycles. The fraction of sp³-hybridized carbons (Fsp3) is 0.263. The Kier molecular flexibility index (Phi) is 6.09. The van der Waals surface area contributed by atoms with Crippen LogP contribution in [0, 0.1) is 13.8 Å². The molecule has 0 heterocycles. The van der Waals surface area contributed by atoms with Crippen LogP contribution in [0.15, 0.2) is 36.4 Å². The number of carboxylic acid groups (broad SMARTS) is 1. The summed E-state index contributed by atoms with van der Waals surface area (Å²) < 4.78 is 41.3. The molecule has 2 rings (SSSR count). The number of anilines is 1. The average Bonchev–Trinajstić information content (AvgIpc) is 2.55. The number of amides is 1. The zero-order valence-corrected chi connectivity index (χ0v) is 14.7. The van der Waals surface area contributed by atoms with Crippen molar-refractivity contribution >= 4 is 17.6 Å². The number of carbonyl (C=O) groups is 2. The zero-order chi connectivity index (χ0) is 20.2. The molecule has 2 N–H and O–H groups in total. The number of hydrogen-bond donors (Lipinski definition) is 2. The molecule has 2 aromatic rings. The highest BCUT2D eigenvalue weighted by atomic mass is 19.4. The maximum absolute atomic E-state index is 12.2. The first-order chi connectivity index (χ1) is 12.5. The van der Waals surface area contributed by atoms with Crippen molar-refractivity contribution in [1.82, 2.24) is 0 Å². The molecule has 8 heteroatoms. The summed E-state index contributed by atoms with van der Waals surface area (Å²) in [5.41, 5.74) is 2.20. The van der Waals surface area contributed by atoms with E-state index in [2.05, 4.69) is 10.1 Å². The van der Waals surface area contributed by atoms with E-state index in [1.165, 1.54) is 24.3 Å². The van der Waals surface area contributed by atoms with Gasteiger partial charge in [-0.15, -0.1) is 0 Å². The molecule has 0 unspecified atom stereocenters. The summed E-state index contributed by atoms with van der Waals surface area (Å²) >= 11 is 0. The Balaban J connectivity index is 2.08. The van der Waals surface area contributed by atoms with Gasteiger partial charge in [0.05, 0.1) is 12.0 Å². The van der Waals surface area contributed by atoms with Crippen LogP contribution in [0.25, 0.3) is 0 Å². The minimum atomic E-state index is -4.45. The number of ether oxygens (including phenoxy) is 1. The molecule has 1 amide bonds. The maximum Gasteiger partial charge on any atom is 0.422 e. The molecule has 0 aliphatic carbocycles. The lowest BCUT2D eigenvalue weighted by Crippen LogP contribution is -2.19. The first-order valence-electron chi connectivity index (χ1n) is 7.98. The summed E-state index contributed by atoms with van der Waals surface area (Å²) in [6, 6.07) is 8.85. The Morgan fingerprint density at radius 3 is 2.44 bits per heavy atom. The van der Waals surface area contributed by atoms with E-state index in [1.54, 1.807) is 26.0 Å². The van der Waals surface area contributed by atoms with E-state index in [4.69, 9.17) is 0 Å². The molecular formula is C19H18F3NO4. The Bertz CT molecular complexity index is 863. The molecular weight excluding hydrogens is 363 g/mol. The fourth-order valence-corrected chi connectivity index (χ4v) is 2.51. The monoisotopic (exact) mass is 381 g/mol. The Labute approximate surface area is 153 Å². The molecule has 27 heavy (non-hydrogen) atoms. The number of carboxylic acids is 1. The molecule has 0 radical (unpaired) electrons. The van der Waals surface area contributed by atoms with Crippen LogP contribution in [0.4, 0.5) is 18.9 Å². The first kappa shape index (κ1) is 20.3. The second-order valence-electron chi connectivity index (χ2n) is 6.06. The number of aromatic carboxylic acids is 1. The van der Waals surface area contributed by atoms with Crippen LogP contribution in [-0.2, 0) is 11.2 Å².